The van der Waals surface area contributed by atoms with E-state index < -0.39 is 5.41 Å². The van der Waals surface area contributed by atoms with E-state index in [4.69, 9.17) is 21.3 Å². The zero-order valence-corrected chi connectivity index (χ0v) is 28.4. The standard InChI is InChI=1S/C35H53ClN4O3/c1-33(2,3)32(42)40(25-13-15-35(7,8)16-14-25)26-19-29(30-37-17-18-43-30)39(20-26)31(41)28-22-38(34(4,5)6)21-27(28)23-9-11-24(36)12-10-23/h9-12,25-29H,13-22H2,1-8H3/t26?,27-,28+,29-/m0/s1. The van der Waals surface area contributed by atoms with E-state index >= 15 is 0 Å². The number of carbonyl (C=O) groups is 2. The van der Waals surface area contributed by atoms with Crippen LogP contribution in [-0.2, 0) is 14.3 Å². The molecule has 8 heteroatoms. The van der Waals surface area contributed by atoms with Gasteiger partial charge in [0.25, 0.3) is 0 Å². The molecule has 3 aliphatic heterocycles. The highest BCUT2D eigenvalue weighted by atomic mass is 35.5. The maximum atomic E-state index is 14.8. The predicted molar refractivity (Wildman–Crippen MR) is 174 cm³/mol. The highest BCUT2D eigenvalue weighted by Crippen LogP contribution is 2.42. The average molecular weight is 613 g/mol. The highest BCUT2D eigenvalue weighted by Gasteiger charge is 2.51. The summed E-state index contributed by atoms with van der Waals surface area (Å²) in [6.45, 7) is 20.6. The molecule has 1 aromatic rings. The molecule has 3 fully saturated rings. The monoisotopic (exact) mass is 612 g/mol. The lowest BCUT2D eigenvalue weighted by Gasteiger charge is -2.45. The van der Waals surface area contributed by atoms with Crippen molar-refractivity contribution in [2.24, 2.45) is 21.7 Å². The van der Waals surface area contributed by atoms with Crippen LogP contribution in [0.3, 0.4) is 0 Å². The number of halogens is 1. The van der Waals surface area contributed by atoms with E-state index in [0.717, 1.165) is 37.8 Å². The Labute approximate surface area is 264 Å². The normalized spacial score (nSPS) is 28.6. The van der Waals surface area contributed by atoms with Crippen molar-refractivity contribution in [2.45, 2.75) is 117 Å². The number of benzene rings is 1. The van der Waals surface area contributed by atoms with Crippen molar-refractivity contribution in [3.63, 3.8) is 0 Å². The lowest BCUT2D eigenvalue weighted by molar-refractivity contribution is -0.147. The summed E-state index contributed by atoms with van der Waals surface area (Å²) in [5.41, 5.74) is 0.887. The van der Waals surface area contributed by atoms with Crippen LogP contribution in [-0.4, -0.2) is 88.9 Å². The van der Waals surface area contributed by atoms with Gasteiger partial charge < -0.3 is 14.5 Å². The molecule has 0 aromatic heterocycles. The van der Waals surface area contributed by atoms with Crippen molar-refractivity contribution in [3.05, 3.63) is 34.9 Å². The minimum atomic E-state index is -0.500. The van der Waals surface area contributed by atoms with Gasteiger partial charge in [-0.25, -0.2) is 0 Å². The van der Waals surface area contributed by atoms with Gasteiger partial charge in [0, 0.05) is 47.6 Å². The number of aliphatic imine (C=N–C) groups is 1. The molecule has 43 heavy (non-hydrogen) atoms. The van der Waals surface area contributed by atoms with Crippen LogP contribution in [0.4, 0.5) is 0 Å². The number of amides is 2. The summed E-state index contributed by atoms with van der Waals surface area (Å²) in [5.74, 6) is 0.847. The zero-order chi connectivity index (χ0) is 31.3. The van der Waals surface area contributed by atoms with E-state index in [1.807, 2.05) is 37.8 Å². The summed E-state index contributed by atoms with van der Waals surface area (Å²) in [5, 5.41) is 0.700. The Morgan fingerprint density at radius 2 is 1.63 bits per heavy atom. The minimum Gasteiger partial charge on any atom is -0.478 e. The Hall–Kier alpha value is -2.12. The van der Waals surface area contributed by atoms with Crippen molar-refractivity contribution in [1.82, 2.24) is 14.7 Å². The molecule has 4 aliphatic rings. The molecular formula is C35H53ClN4O3. The van der Waals surface area contributed by atoms with Crippen LogP contribution < -0.4 is 0 Å². The van der Waals surface area contributed by atoms with Crippen molar-refractivity contribution in [1.29, 1.82) is 0 Å². The molecule has 0 spiro atoms. The van der Waals surface area contributed by atoms with Gasteiger partial charge in [0.05, 0.1) is 18.5 Å². The second kappa shape index (κ2) is 12.0. The van der Waals surface area contributed by atoms with E-state index in [1.54, 1.807) is 0 Å². The van der Waals surface area contributed by atoms with Crippen LogP contribution >= 0.6 is 11.6 Å². The van der Waals surface area contributed by atoms with E-state index in [2.05, 4.69) is 56.6 Å². The number of rotatable bonds is 5. The number of carbonyl (C=O) groups excluding carboxylic acids is 2. The molecule has 5 rings (SSSR count). The first kappa shape index (κ1) is 32.3. The number of hydrogen-bond acceptors (Lipinski definition) is 5. The van der Waals surface area contributed by atoms with Crippen LogP contribution in [0.2, 0.25) is 5.02 Å². The topological polar surface area (TPSA) is 65.5 Å². The third kappa shape index (κ3) is 6.93. The average Bonchev–Trinajstić information content (AvgIpc) is 3.68. The van der Waals surface area contributed by atoms with Crippen LogP contribution in [0.25, 0.3) is 0 Å². The predicted octanol–water partition coefficient (Wildman–Crippen LogP) is 6.40. The summed E-state index contributed by atoms with van der Waals surface area (Å²) < 4.78 is 6.04. The smallest absolute Gasteiger partial charge is 0.228 e. The molecule has 4 atom stereocenters. The maximum absolute atomic E-state index is 14.8. The number of nitrogens with zero attached hydrogens (tertiary/aromatic N) is 4. The molecule has 7 nitrogen and oxygen atoms in total. The SMILES string of the molecule is CC1(C)CCC(N(C(=O)C(C)(C)C)C2C[C@@H](C3=NCCO3)N(C(=O)[C@@H]3CN(C(C)(C)C)C[C@H]3c3ccc(Cl)cc3)C2)CC1. The van der Waals surface area contributed by atoms with Gasteiger partial charge >= 0.3 is 0 Å². The van der Waals surface area contributed by atoms with Crippen LogP contribution in [0, 0.1) is 16.7 Å². The molecule has 0 N–H and O–H groups in total. The molecule has 1 saturated carbocycles. The Bertz CT molecular complexity index is 1200. The second-order valence-electron chi connectivity index (χ2n) is 16.2. The molecule has 1 aliphatic carbocycles. The molecule has 1 aromatic carbocycles. The summed E-state index contributed by atoms with van der Waals surface area (Å²) >= 11 is 6.25. The van der Waals surface area contributed by atoms with Gasteiger partial charge in [0.15, 0.2) is 0 Å². The summed E-state index contributed by atoms with van der Waals surface area (Å²) in [7, 11) is 0. The van der Waals surface area contributed by atoms with Crippen molar-refractivity contribution in [3.8, 4) is 0 Å². The molecule has 2 amide bonds. The van der Waals surface area contributed by atoms with Crippen molar-refractivity contribution in [2.75, 3.05) is 32.8 Å². The number of likely N-dealkylation sites (tertiary alicyclic amines) is 2. The molecule has 3 heterocycles. The fourth-order valence-electron chi connectivity index (χ4n) is 7.59. The van der Waals surface area contributed by atoms with Gasteiger partial charge in [0.2, 0.25) is 17.7 Å². The van der Waals surface area contributed by atoms with Gasteiger partial charge in [0.1, 0.15) is 12.6 Å². The Balaban J connectivity index is 1.47. The molecule has 238 valence electrons. The van der Waals surface area contributed by atoms with Gasteiger partial charge in [-0.1, -0.05) is 58.4 Å². The lowest BCUT2D eigenvalue weighted by atomic mass is 9.74. The first-order chi connectivity index (χ1) is 20.0. The molecule has 0 bridgehead atoms. The van der Waals surface area contributed by atoms with E-state index in [-0.39, 0.29) is 47.3 Å². The van der Waals surface area contributed by atoms with Crippen molar-refractivity contribution < 1.29 is 14.3 Å². The van der Waals surface area contributed by atoms with Gasteiger partial charge in [-0.05, 0) is 76.0 Å². The Morgan fingerprint density at radius 3 is 2.19 bits per heavy atom. The number of hydrogen-bond donors (Lipinski definition) is 0. The van der Waals surface area contributed by atoms with Crippen LogP contribution in [0.5, 0.6) is 0 Å². The second-order valence-corrected chi connectivity index (χ2v) is 16.6. The Kier molecular flexibility index (Phi) is 9.01. The molecule has 0 radical (unpaired) electrons. The van der Waals surface area contributed by atoms with E-state index in [0.29, 0.717) is 49.0 Å². The van der Waals surface area contributed by atoms with Gasteiger partial charge in [-0.2, -0.15) is 0 Å². The number of ether oxygens (including phenoxy) is 1. The first-order valence-electron chi connectivity index (χ1n) is 16.4. The Morgan fingerprint density at radius 1 is 0.977 bits per heavy atom. The van der Waals surface area contributed by atoms with Crippen LogP contribution in [0.15, 0.2) is 29.3 Å². The third-order valence-corrected chi connectivity index (χ3v) is 10.6. The quantitative estimate of drug-likeness (QED) is 0.386. The highest BCUT2D eigenvalue weighted by molar-refractivity contribution is 6.30. The largest absolute Gasteiger partial charge is 0.478 e. The van der Waals surface area contributed by atoms with Gasteiger partial charge in [-0.3, -0.25) is 19.5 Å². The van der Waals surface area contributed by atoms with Crippen molar-refractivity contribution >= 4 is 29.3 Å². The summed E-state index contributed by atoms with van der Waals surface area (Å²) in [4.78, 5) is 40.3. The third-order valence-electron chi connectivity index (χ3n) is 10.3. The molecule has 1 unspecified atom stereocenters. The maximum Gasteiger partial charge on any atom is 0.228 e. The van der Waals surface area contributed by atoms with E-state index in [9.17, 15) is 9.59 Å². The zero-order valence-electron chi connectivity index (χ0n) is 27.7. The minimum absolute atomic E-state index is 0.0583. The van der Waals surface area contributed by atoms with Crippen LogP contribution in [0.1, 0.15) is 99.0 Å². The molecular weight excluding hydrogens is 560 g/mol. The fraction of sp³-hybridized carbons (Fsp3) is 0.743. The lowest BCUT2D eigenvalue weighted by Crippen LogP contribution is -2.54. The first-order valence-corrected chi connectivity index (χ1v) is 16.7. The van der Waals surface area contributed by atoms with Gasteiger partial charge in [-0.15, -0.1) is 0 Å². The summed E-state index contributed by atoms with van der Waals surface area (Å²) in [6, 6.07) is 7.88. The fourth-order valence-corrected chi connectivity index (χ4v) is 7.71. The summed E-state index contributed by atoms with van der Waals surface area (Å²) in [6.07, 6.45) is 4.89. The molecule has 2 saturated heterocycles. The van der Waals surface area contributed by atoms with E-state index in [1.165, 1.54) is 0 Å².